The van der Waals surface area contributed by atoms with Crippen molar-refractivity contribution in [3.05, 3.63) is 104 Å². The zero-order valence-corrected chi connectivity index (χ0v) is 37.2. The molecule has 0 unspecified atom stereocenters. The molecular formula is C42H49Cl3F6N4O6S. The average molecular weight is 958 g/mol. The maximum Gasteiger partial charge on any atom is 0.416 e. The Morgan fingerprint density at radius 3 is 2.23 bits per heavy atom. The number of likely N-dealkylation sites (tertiary alicyclic amines) is 1. The fourth-order valence-electron chi connectivity index (χ4n) is 8.68. The number of carbonyl (C=O) groups excluding carboxylic acids is 2. The van der Waals surface area contributed by atoms with Crippen molar-refractivity contribution in [3.8, 4) is 0 Å². The molecule has 342 valence electrons. The van der Waals surface area contributed by atoms with Crippen LogP contribution in [-0.4, -0.2) is 113 Å². The second-order valence-electron chi connectivity index (χ2n) is 16.1. The summed E-state index contributed by atoms with van der Waals surface area (Å²) in [5.41, 5.74) is -2.63. The molecule has 0 aromatic heterocycles. The van der Waals surface area contributed by atoms with E-state index in [1.54, 1.807) is 30.1 Å². The molecule has 0 bridgehead atoms. The molecular weight excluding hydrogens is 909 g/mol. The van der Waals surface area contributed by atoms with Gasteiger partial charge >= 0.3 is 12.4 Å². The van der Waals surface area contributed by atoms with Crippen LogP contribution in [0.3, 0.4) is 0 Å². The van der Waals surface area contributed by atoms with Gasteiger partial charge in [0.15, 0.2) is 0 Å². The van der Waals surface area contributed by atoms with E-state index >= 15 is 0 Å². The van der Waals surface area contributed by atoms with Crippen molar-refractivity contribution < 1.29 is 53.8 Å². The lowest BCUT2D eigenvalue weighted by Gasteiger charge is -2.46. The van der Waals surface area contributed by atoms with E-state index in [-0.39, 0.29) is 78.8 Å². The topological polar surface area (TPSA) is 108 Å². The molecule has 2 amide bonds. The monoisotopic (exact) mass is 956 g/mol. The molecule has 1 N–H and O–H groups in total. The first-order chi connectivity index (χ1) is 28.6. The van der Waals surface area contributed by atoms with Crippen LogP contribution in [0.5, 0.6) is 0 Å². The predicted octanol–water partition coefficient (Wildman–Crippen LogP) is 7.97. The molecule has 20 heteroatoms. The van der Waals surface area contributed by atoms with Crippen LogP contribution in [0.15, 0.2) is 60.7 Å². The highest BCUT2D eigenvalue weighted by molar-refractivity contribution is 7.88. The number of piperidine rings is 1. The number of ether oxygens (including phenoxy) is 2. The first-order valence-electron chi connectivity index (χ1n) is 19.9. The lowest BCUT2D eigenvalue weighted by atomic mass is 9.72. The molecule has 2 saturated heterocycles. The summed E-state index contributed by atoms with van der Waals surface area (Å²) in [6.45, 7) is 2.04. The van der Waals surface area contributed by atoms with Gasteiger partial charge < -0.3 is 24.2 Å². The second-order valence-corrected chi connectivity index (χ2v) is 18.7. The maximum atomic E-state index is 13.8. The molecule has 3 aromatic rings. The van der Waals surface area contributed by atoms with Gasteiger partial charge in [-0.2, -0.15) is 26.3 Å². The van der Waals surface area contributed by atoms with Crippen LogP contribution in [0.1, 0.15) is 70.3 Å². The van der Waals surface area contributed by atoms with Crippen LogP contribution in [0, 0.1) is 0 Å². The molecule has 2 fully saturated rings. The number of fused-ring (bicyclic) bond motifs is 2. The number of rotatable bonds is 14. The van der Waals surface area contributed by atoms with Gasteiger partial charge in [0, 0.05) is 44.2 Å². The van der Waals surface area contributed by atoms with Crippen LogP contribution in [0.2, 0.25) is 10.0 Å². The summed E-state index contributed by atoms with van der Waals surface area (Å²) >= 11 is 12.7. The lowest BCUT2D eigenvalue weighted by Crippen LogP contribution is -2.54. The van der Waals surface area contributed by atoms with Crippen molar-refractivity contribution in [1.82, 2.24) is 19.4 Å². The number of carbonyl (C=O) groups is 2. The SMILES string of the molecule is CN(CCCCNS(C)(=O)=O)C(=O)CO[C@H]1Cc2ccccc2C12CCN(CC[C@@]1(c3ccc(Cl)c(Cl)c3)CN(C(=O)c3cc(C(F)(F)F)cc(C(F)(F)F)c3)CCO1)CC2.Cl. The Balaban J connectivity index is 0.00000726. The normalized spacial score (nSPS) is 20.5. The zero-order chi connectivity index (χ0) is 44.4. The number of morpholine rings is 1. The zero-order valence-electron chi connectivity index (χ0n) is 34.1. The third kappa shape index (κ3) is 11.7. The minimum Gasteiger partial charge on any atom is -0.367 e. The largest absolute Gasteiger partial charge is 0.416 e. The molecule has 1 spiro atoms. The fraction of sp³-hybridized carbons (Fsp3) is 0.524. The second kappa shape index (κ2) is 19.9. The van der Waals surface area contributed by atoms with Crippen molar-refractivity contribution in [1.29, 1.82) is 0 Å². The molecule has 3 aliphatic rings. The molecule has 6 rings (SSSR count). The number of halogens is 9. The van der Waals surface area contributed by atoms with Gasteiger partial charge in [-0.05, 0) is 98.6 Å². The number of amides is 2. The molecule has 62 heavy (non-hydrogen) atoms. The lowest BCUT2D eigenvalue weighted by molar-refractivity contribution is -0.143. The van der Waals surface area contributed by atoms with Crippen LogP contribution in [-0.2, 0) is 54.1 Å². The van der Waals surface area contributed by atoms with E-state index in [1.807, 2.05) is 12.1 Å². The maximum absolute atomic E-state index is 13.8. The van der Waals surface area contributed by atoms with Gasteiger partial charge in [0.25, 0.3) is 5.91 Å². The van der Waals surface area contributed by atoms with Gasteiger partial charge in [-0.1, -0.05) is 53.5 Å². The molecule has 2 atom stereocenters. The summed E-state index contributed by atoms with van der Waals surface area (Å²) in [5.74, 6) is -1.18. The number of hydrogen-bond acceptors (Lipinski definition) is 7. The van der Waals surface area contributed by atoms with Gasteiger partial charge in [-0.25, -0.2) is 13.1 Å². The van der Waals surface area contributed by atoms with Gasteiger partial charge in [-0.15, -0.1) is 12.4 Å². The molecule has 10 nitrogen and oxygen atoms in total. The quantitative estimate of drug-likeness (QED) is 0.129. The minimum atomic E-state index is -5.12. The van der Waals surface area contributed by atoms with Crippen LogP contribution in [0.4, 0.5) is 26.3 Å². The molecule has 1 aliphatic carbocycles. The molecule has 2 heterocycles. The number of hydrogen-bond donors (Lipinski definition) is 1. The number of benzene rings is 3. The summed E-state index contributed by atoms with van der Waals surface area (Å²) in [6, 6.07) is 13.9. The smallest absolute Gasteiger partial charge is 0.367 e. The standard InChI is InChI=1S/C42H48Cl2F6N4O6S.ClH/c1-52(15-6-5-14-51-61(2,57)58)37(55)26-59-36-23-28-7-3-4-8-33(28)39(36)11-16-53(17-12-39)18-13-40(30-9-10-34(43)35(44)25-30)27-54(19-20-60-40)38(56)29-21-31(41(45,46)47)24-32(22-29)42(48,49)50;/h3-4,7-10,21-22,24-25,36,51H,5-6,11-20,23,26-27H2,1-2H3;1H/t36-,40-;/m0./s1. The first-order valence-corrected chi connectivity index (χ1v) is 22.5. The van der Waals surface area contributed by atoms with Crippen LogP contribution < -0.4 is 4.72 Å². The summed E-state index contributed by atoms with van der Waals surface area (Å²) in [6.07, 6.45) is -5.89. The van der Waals surface area contributed by atoms with Crippen molar-refractivity contribution >= 4 is 57.4 Å². The highest BCUT2D eigenvalue weighted by Gasteiger charge is 2.50. The summed E-state index contributed by atoms with van der Waals surface area (Å²) < 4.78 is 120. The number of alkyl halides is 6. The van der Waals surface area contributed by atoms with Gasteiger partial charge in [0.05, 0.1) is 46.7 Å². The average Bonchev–Trinajstić information content (AvgIpc) is 3.51. The Bertz CT molecular complexity index is 2160. The van der Waals surface area contributed by atoms with Crippen molar-refractivity contribution in [3.63, 3.8) is 0 Å². The van der Waals surface area contributed by atoms with Crippen LogP contribution >= 0.6 is 35.6 Å². The number of sulfonamides is 1. The molecule has 0 radical (unpaired) electrons. The predicted molar refractivity (Wildman–Crippen MR) is 225 cm³/mol. The van der Waals surface area contributed by atoms with Crippen molar-refractivity contribution in [2.45, 2.75) is 68.0 Å². The summed E-state index contributed by atoms with van der Waals surface area (Å²) in [4.78, 5) is 32.0. The summed E-state index contributed by atoms with van der Waals surface area (Å²) in [7, 11) is -1.59. The number of likely N-dealkylation sites (N-methyl/N-ethyl adjacent to an activating group) is 1. The highest BCUT2D eigenvalue weighted by Crippen LogP contribution is 2.48. The number of nitrogens with zero attached hydrogens (tertiary/aromatic N) is 3. The third-order valence-corrected chi connectivity index (χ3v) is 13.5. The Kier molecular flexibility index (Phi) is 16.0. The van der Waals surface area contributed by atoms with Gasteiger partial charge in [0.1, 0.15) is 12.2 Å². The van der Waals surface area contributed by atoms with E-state index < -0.39 is 50.6 Å². The van der Waals surface area contributed by atoms with Gasteiger partial charge in [-0.3, -0.25) is 9.59 Å². The third-order valence-electron chi connectivity index (χ3n) is 12.0. The fourth-order valence-corrected chi connectivity index (χ4v) is 9.50. The van der Waals surface area contributed by atoms with Crippen LogP contribution in [0.25, 0.3) is 0 Å². The minimum absolute atomic E-state index is 0. The van der Waals surface area contributed by atoms with Crippen molar-refractivity contribution in [2.24, 2.45) is 0 Å². The number of unbranched alkanes of at least 4 members (excludes halogenated alkanes) is 1. The first kappa shape index (κ1) is 49.8. The highest BCUT2D eigenvalue weighted by atomic mass is 35.5. The molecule has 3 aromatic carbocycles. The Hall–Kier alpha value is -3.16. The Morgan fingerprint density at radius 2 is 1.60 bits per heavy atom. The van der Waals surface area contributed by atoms with E-state index in [2.05, 4.69) is 21.8 Å². The van der Waals surface area contributed by atoms with E-state index in [0.29, 0.717) is 82.4 Å². The number of nitrogens with one attached hydrogen (secondary N) is 1. The van der Waals surface area contributed by atoms with Crippen molar-refractivity contribution in [2.75, 3.05) is 72.3 Å². The van der Waals surface area contributed by atoms with E-state index in [0.717, 1.165) is 11.8 Å². The summed E-state index contributed by atoms with van der Waals surface area (Å²) in [5, 5.41) is 0.464. The molecule has 0 saturated carbocycles. The van der Waals surface area contributed by atoms with E-state index in [9.17, 15) is 44.3 Å². The van der Waals surface area contributed by atoms with E-state index in [1.165, 1.54) is 10.5 Å². The Morgan fingerprint density at radius 1 is 0.935 bits per heavy atom. The van der Waals surface area contributed by atoms with Gasteiger partial charge in [0.2, 0.25) is 15.9 Å². The molecule has 2 aliphatic heterocycles. The van der Waals surface area contributed by atoms with E-state index in [4.69, 9.17) is 32.7 Å². The Labute approximate surface area is 373 Å².